The van der Waals surface area contributed by atoms with E-state index in [1.807, 2.05) is 24.3 Å². The van der Waals surface area contributed by atoms with Gasteiger partial charge in [0.1, 0.15) is 5.76 Å². The standard InChI is InChI=1S/C14H17NO3/c1-17-14-9-11(4-5-13(14)16)10-15-7-6-12-3-2-8-18-12/h2-5,8-9,15-16H,6-7,10H2,1H3. The van der Waals surface area contributed by atoms with E-state index in [2.05, 4.69) is 5.32 Å². The van der Waals surface area contributed by atoms with E-state index in [1.54, 1.807) is 19.4 Å². The SMILES string of the molecule is COc1cc(CNCCc2ccco2)ccc1O. The number of hydrogen-bond donors (Lipinski definition) is 2. The molecule has 0 aliphatic carbocycles. The second-order valence-corrected chi connectivity index (χ2v) is 4.01. The van der Waals surface area contributed by atoms with Gasteiger partial charge in [0.05, 0.1) is 13.4 Å². The lowest BCUT2D eigenvalue weighted by Crippen LogP contribution is -2.16. The number of ether oxygens (including phenoxy) is 1. The molecule has 0 unspecified atom stereocenters. The Labute approximate surface area is 106 Å². The summed E-state index contributed by atoms with van der Waals surface area (Å²) in [6, 6.07) is 9.20. The summed E-state index contributed by atoms with van der Waals surface area (Å²) in [6.45, 7) is 1.58. The van der Waals surface area contributed by atoms with Crippen LogP contribution < -0.4 is 10.1 Å². The molecule has 0 saturated heterocycles. The number of benzene rings is 1. The van der Waals surface area contributed by atoms with E-state index in [-0.39, 0.29) is 5.75 Å². The van der Waals surface area contributed by atoms with Gasteiger partial charge >= 0.3 is 0 Å². The van der Waals surface area contributed by atoms with Crippen LogP contribution in [0.5, 0.6) is 11.5 Å². The molecule has 0 atom stereocenters. The molecular formula is C14H17NO3. The number of rotatable bonds is 6. The van der Waals surface area contributed by atoms with E-state index >= 15 is 0 Å². The lowest BCUT2D eigenvalue weighted by atomic mass is 10.2. The second-order valence-electron chi connectivity index (χ2n) is 4.01. The molecule has 1 heterocycles. The maximum Gasteiger partial charge on any atom is 0.160 e. The van der Waals surface area contributed by atoms with Gasteiger partial charge in [-0.1, -0.05) is 6.07 Å². The molecule has 0 spiro atoms. The van der Waals surface area contributed by atoms with Crippen molar-refractivity contribution in [3.63, 3.8) is 0 Å². The predicted molar refractivity (Wildman–Crippen MR) is 68.8 cm³/mol. The number of furan rings is 1. The third-order valence-electron chi connectivity index (χ3n) is 2.70. The van der Waals surface area contributed by atoms with Gasteiger partial charge < -0.3 is 19.6 Å². The van der Waals surface area contributed by atoms with Crippen LogP contribution in [0, 0.1) is 0 Å². The van der Waals surface area contributed by atoms with E-state index in [9.17, 15) is 5.11 Å². The van der Waals surface area contributed by atoms with Crippen LogP contribution in [0.3, 0.4) is 0 Å². The monoisotopic (exact) mass is 247 g/mol. The van der Waals surface area contributed by atoms with Crippen molar-refractivity contribution in [1.82, 2.24) is 5.32 Å². The van der Waals surface area contributed by atoms with Crippen LogP contribution in [0.15, 0.2) is 41.0 Å². The quantitative estimate of drug-likeness (QED) is 0.769. The van der Waals surface area contributed by atoms with E-state index in [1.165, 1.54) is 0 Å². The first-order valence-electron chi connectivity index (χ1n) is 5.88. The minimum Gasteiger partial charge on any atom is -0.504 e. The molecule has 2 rings (SSSR count). The fourth-order valence-corrected chi connectivity index (χ4v) is 1.73. The van der Waals surface area contributed by atoms with Gasteiger partial charge in [-0.25, -0.2) is 0 Å². The highest BCUT2D eigenvalue weighted by Crippen LogP contribution is 2.26. The normalized spacial score (nSPS) is 10.5. The average molecular weight is 247 g/mol. The molecule has 0 aliphatic rings. The van der Waals surface area contributed by atoms with Crippen molar-refractivity contribution in [2.45, 2.75) is 13.0 Å². The van der Waals surface area contributed by atoms with Gasteiger partial charge in [0.15, 0.2) is 11.5 Å². The Morgan fingerprint density at radius 1 is 1.33 bits per heavy atom. The van der Waals surface area contributed by atoms with Crippen molar-refractivity contribution in [3.05, 3.63) is 47.9 Å². The predicted octanol–water partition coefficient (Wildman–Crippen LogP) is 2.33. The Balaban J connectivity index is 1.79. The van der Waals surface area contributed by atoms with Gasteiger partial charge in [-0.15, -0.1) is 0 Å². The molecule has 2 aromatic rings. The Bertz CT molecular complexity index is 480. The summed E-state index contributed by atoms with van der Waals surface area (Å²) in [5.74, 6) is 1.64. The highest BCUT2D eigenvalue weighted by atomic mass is 16.5. The molecule has 18 heavy (non-hydrogen) atoms. The Morgan fingerprint density at radius 2 is 2.22 bits per heavy atom. The lowest BCUT2D eigenvalue weighted by Gasteiger charge is -2.07. The Morgan fingerprint density at radius 3 is 2.94 bits per heavy atom. The van der Waals surface area contributed by atoms with E-state index in [0.717, 1.165) is 30.8 Å². The largest absolute Gasteiger partial charge is 0.504 e. The zero-order valence-electron chi connectivity index (χ0n) is 10.3. The molecule has 0 bridgehead atoms. The van der Waals surface area contributed by atoms with Crippen LogP contribution in [0.25, 0.3) is 0 Å². The summed E-state index contributed by atoms with van der Waals surface area (Å²) in [7, 11) is 1.54. The first-order valence-corrected chi connectivity index (χ1v) is 5.88. The molecule has 4 nitrogen and oxygen atoms in total. The molecule has 0 saturated carbocycles. The topological polar surface area (TPSA) is 54.6 Å². The molecule has 0 amide bonds. The average Bonchev–Trinajstić information content (AvgIpc) is 2.89. The molecule has 0 fully saturated rings. The first kappa shape index (κ1) is 12.5. The first-order chi connectivity index (χ1) is 8.79. The van der Waals surface area contributed by atoms with Crippen LogP contribution >= 0.6 is 0 Å². The van der Waals surface area contributed by atoms with Crippen LogP contribution in [0.4, 0.5) is 0 Å². The van der Waals surface area contributed by atoms with Crippen molar-refractivity contribution in [2.75, 3.05) is 13.7 Å². The van der Waals surface area contributed by atoms with Crippen LogP contribution in [-0.4, -0.2) is 18.8 Å². The van der Waals surface area contributed by atoms with Gasteiger partial charge in [0.25, 0.3) is 0 Å². The summed E-state index contributed by atoms with van der Waals surface area (Å²) in [5.41, 5.74) is 1.07. The van der Waals surface area contributed by atoms with Gasteiger partial charge in [-0.3, -0.25) is 0 Å². The minimum absolute atomic E-state index is 0.164. The fourth-order valence-electron chi connectivity index (χ4n) is 1.73. The van der Waals surface area contributed by atoms with Crippen molar-refractivity contribution < 1.29 is 14.3 Å². The molecule has 96 valence electrons. The number of nitrogens with one attached hydrogen (secondary N) is 1. The number of hydrogen-bond acceptors (Lipinski definition) is 4. The molecular weight excluding hydrogens is 230 g/mol. The van der Waals surface area contributed by atoms with Crippen molar-refractivity contribution in [1.29, 1.82) is 0 Å². The maximum absolute atomic E-state index is 9.47. The van der Waals surface area contributed by atoms with Gasteiger partial charge in [-0.2, -0.15) is 0 Å². The van der Waals surface area contributed by atoms with E-state index in [0.29, 0.717) is 5.75 Å². The van der Waals surface area contributed by atoms with Gasteiger partial charge in [0.2, 0.25) is 0 Å². The Kier molecular flexibility index (Phi) is 4.25. The fraction of sp³-hybridized carbons (Fsp3) is 0.286. The number of aromatic hydroxyl groups is 1. The highest BCUT2D eigenvalue weighted by molar-refractivity contribution is 5.41. The third kappa shape index (κ3) is 3.28. The smallest absolute Gasteiger partial charge is 0.160 e. The zero-order chi connectivity index (χ0) is 12.8. The summed E-state index contributed by atoms with van der Waals surface area (Å²) in [6.07, 6.45) is 2.54. The van der Waals surface area contributed by atoms with Gasteiger partial charge in [0, 0.05) is 19.5 Å². The highest BCUT2D eigenvalue weighted by Gasteiger charge is 2.02. The minimum atomic E-state index is 0.164. The Hall–Kier alpha value is -1.94. The second kappa shape index (κ2) is 6.12. The summed E-state index contributed by atoms with van der Waals surface area (Å²) >= 11 is 0. The van der Waals surface area contributed by atoms with Crippen LogP contribution in [-0.2, 0) is 13.0 Å². The molecule has 1 aromatic heterocycles. The van der Waals surface area contributed by atoms with Crippen molar-refractivity contribution in [2.24, 2.45) is 0 Å². The summed E-state index contributed by atoms with van der Waals surface area (Å²) in [4.78, 5) is 0. The van der Waals surface area contributed by atoms with Crippen LogP contribution in [0.2, 0.25) is 0 Å². The molecule has 2 N–H and O–H groups in total. The van der Waals surface area contributed by atoms with E-state index in [4.69, 9.17) is 9.15 Å². The zero-order valence-corrected chi connectivity index (χ0v) is 10.3. The molecule has 1 aromatic carbocycles. The molecule has 4 heteroatoms. The summed E-state index contributed by atoms with van der Waals surface area (Å²) in [5, 5.41) is 12.8. The molecule has 0 aliphatic heterocycles. The lowest BCUT2D eigenvalue weighted by molar-refractivity contribution is 0.372. The van der Waals surface area contributed by atoms with Crippen LogP contribution in [0.1, 0.15) is 11.3 Å². The van der Waals surface area contributed by atoms with Gasteiger partial charge in [-0.05, 0) is 29.8 Å². The molecule has 0 radical (unpaired) electrons. The van der Waals surface area contributed by atoms with Crippen molar-refractivity contribution in [3.8, 4) is 11.5 Å². The number of phenols is 1. The number of methoxy groups -OCH3 is 1. The van der Waals surface area contributed by atoms with E-state index < -0.39 is 0 Å². The third-order valence-corrected chi connectivity index (χ3v) is 2.70. The van der Waals surface area contributed by atoms with Crippen molar-refractivity contribution >= 4 is 0 Å². The summed E-state index contributed by atoms with van der Waals surface area (Å²) < 4.78 is 10.3. The number of phenolic OH excluding ortho intramolecular Hbond substituents is 1. The maximum atomic E-state index is 9.47.